The Hall–Kier alpha value is -1.58. The van der Waals surface area contributed by atoms with Crippen molar-refractivity contribution in [3.63, 3.8) is 0 Å². The molecule has 0 N–H and O–H groups in total. The van der Waals surface area contributed by atoms with Crippen molar-refractivity contribution in [1.29, 1.82) is 0 Å². The molecule has 0 unspecified atom stereocenters. The molecule has 4 heteroatoms. The summed E-state index contributed by atoms with van der Waals surface area (Å²) in [6.45, 7) is 12.0. The van der Waals surface area contributed by atoms with Gasteiger partial charge in [0.05, 0.1) is 12.5 Å². The molecule has 0 aliphatic heterocycles. The summed E-state index contributed by atoms with van der Waals surface area (Å²) in [4.78, 5) is 21.9. The van der Waals surface area contributed by atoms with Crippen molar-refractivity contribution in [1.82, 2.24) is 0 Å². The second kappa shape index (κ2) is 16.4. The molecule has 2 atom stereocenters. The highest BCUT2D eigenvalue weighted by atomic mass is 16.5. The fourth-order valence-electron chi connectivity index (χ4n) is 3.19. The van der Waals surface area contributed by atoms with Crippen LogP contribution in [0.1, 0.15) is 99.3 Å². The van der Waals surface area contributed by atoms with Gasteiger partial charge >= 0.3 is 11.9 Å². The molecule has 0 saturated carbocycles. The van der Waals surface area contributed by atoms with Crippen LogP contribution in [-0.4, -0.2) is 11.9 Å². The molecule has 0 aromatic rings. The van der Waals surface area contributed by atoms with Crippen molar-refractivity contribution in [2.24, 2.45) is 17.8 Å². The van der Waals surface area contributed by atoms with E-state index in [1.54, 1.807) is 6.08 Å². The number of rotatable bonds is 15. The summed E-state index contributed by atoms with van der Waals surface area (Å²) >= 11 is 0. The van der Waals surface area contributed by atoms with Crippen molar-refractivity contribution >= 4 is 11.9 Å². The number of esters is 2. The zero-order chi connectivity index (χ0) is 21.4. The Kier molecular flexibility index (Phi) is 15.5. The second-order valence-electron chi connectivity index (χ2n) is 8.57. The van der Waals surface area contributed by atoms with Crippen molar-refractivity contribution in [3.05, 3.63) is 24.2 Å². The maximum absolute atomic E-state index is 11.0. The lowest BCUT2D eigenvalue weighted by atomic mass is 9.91. The van der Waals surface area contributed by atoms with Crippen LogP contribution in [0.3, 0.4) is 0 Å². The average Bonchev–Trinajstić information content (AvgIpc) is 2.58. The van der Waals surface area contributed by atoms with Gasteiger partial charge in [-0.25, -0.2) is 0 Å². The Morgan fingerprint density at radius 1 is 0.750 bits per heavy atom. The average molecular weight is 395 g/mol. The highest BCUT2D eigenvalue weighted by molar-refractivity contribution is 5.67. The summed E-state index contributed by atoms with van der Waals surface area (Å²) in [5.41, 5.74) is 0.849. The normalized spacial score (nSPS) is 14.3. The lowest BCUT2D eigenvalue weighted by Crippen LogP contribution is -2.00. The van der Waals surface area contributed by atoms with E-state index in [0.29, 0.717) is 5.92 Å². The van der Waals surface area contributed by atoms with Crippen LogP contribution in [0.2, 0.25) is 0 Å². The summed E-state index contributed by atoms with van der Waals surface area (Å²) in [6.07, 6.45) is 15.4. The van der Waals surface area contributed by atoms with Crippen molar-refractivity contribution in [3.8, 4) is 0 Å². The number of hydrogen-bond donors (Lipinski definition) is 0. The maximum atomic E-state index is 11.0. The summed E-state index contributed by atoms with van der Waals surface area (Å²) in [5.74, 6) is 1.62. The van der Waals surface area contributed by atoms with Gasteiger partial charge < -0.3 is 9.47 Å². The fourth-order valence-corrected chi connectivity index (χ4v) is 3.19. The molecule has 4 nitrogen and oxygen atoms in total. The number of carbonyl (C=O) groups excluding carboxylic acids is 2. The van der Waals surface area contributed by atoms with Crippen LogP contribution in [-0.2, 0) is 19.1 Å². The first kappa shape index (κ1) is 26.4. The molecule has 0 amide bonds. The van der Waals surface area contributed by atoms with Crippen LogP contribution in [0.5, 0.6) is 0 Å². The molecule has 0 saturated heterocycles. The standard InChI is InChI=1S/C24H42O4/c1-19(2)10-7-11-20(3)12-8-13-21(4)14-9-15-24(18-28-23(6)26)16-17-27-22(5)25/h16-21H,7-15H2,1-6H3/b17-16+,24-18+/t20-,21+/m1/s1. The van der Waals surface area contributed by atoms with Gasteiger partial charge in [0.15, 0.2) is 0 Å². The Morgan fingerprint density at radius 3 is 1.75 bits per heavy atom. The van der Waals surface area contributed by atoms with Crippen LogP contribution in [0.25, 0.3) is 0 Å². The molecule has 0 rings (SSSR count). The first-order chi connectivity index (χ1) is 13.2. The third-order valence-electron chi connectivity index (χ3n) is 4.93. The largest absolute Gasteiger partial charge is 0.435 e. The Bertz CT molecular complexity index is 491. The first-order valence-electron chi connectivity index (χ1n) is 10.9. The summed E-state index contributed by atoms with van der Waals surface area (Å²) in [6, 6.07) is 0. The van der Waals surface area contributed by atoms with Crippen LogP contribution >= 0.6 is 0 Å². The Balaban J connectivity index is 4.10. The molecule has 28 heavy (non-hydrogen) atoms. The van der Waals surface area contributed by atoms with Crippen molar-refractivity contribution in [2.45, 2.75) is 99.3 Å². The Labute approximate surface area is 172 Å². The van der Waals surface area contributed by atoms with E-state index in [0.717, 1.165) is 36.7 Å². The molecule has 0 aliphatic rings. The van der Waals surface area contributed by atoms with E-state index < -0.39 is 0 Å². The molecule has 0 aromatic carbocycles. The lowest BCUT2D eigenvalue weighted by molar-refractivity contribution is -0.136. The highest BCUT2D eigenvalue weighted by Gasteiger charge is 2.07. The van der Waals surface area contributed by atoms with Gasteiger partial charge in [-0.2, -0.15) is 0 Å². The minimum Gasteiger partial charge on any atom is -0.435 e. The maximum Gasteiger partial charge on any atom is 0.307 e. The predicted molar refractivity (Wildman–Crippen MR) is 115 cm³/mol. The van der Waals surface area contributed by atoms with Crippen molar-refractivity contribution < 1.29 is 19.1 Å². The fraction of sp³-hybridized carbons (Fsp3) is 0.750. The molecule has 0 aromatic heterocycles. The van der Waals surface area contributed by atoms with E-state index in [9.17, 15) is 9.59 Å². The van der Waals surface area contributed by atoms with Gasteiger partial charge in [0.1, 0.15) is 0 Å². The number of ether oxygens (including phenoxy) is 2. The van der Waals surface area contributed by atoms with Gasteiger partial charge in [-0.1, -0.05) is 72.6 Å². The van der Waals surface area contributed by atoms with Crippen LogP contribution in [0, 0.1) is 17.8 Å². The minimum absolute atomic E-state index is 0.353. The SMILES string of the molecule is CC(=O)O/C=C/C(=C/OC(C)=O)CCC[C@@H](C)CCC[C@H](C)CCCC(C)C. The van der Waals surface area contributed by atoms with E-state index in [2.05, 4.69) is 27.7 Å². The predicted octanol–water partition coefficient (Wildman–Crippen LogP) is 6.95. The molecule has 0 radical (unpaired) electrons. The second-order valence-corrected chi connectivity index (χ2v) is 8.57. The van der Waals surface area contributed by atoms with E-state index in [1.807, 2.05) is 0 Å². The third-order valence-corrected chi connectivity index (χ3v) is 4.93. The molecular weight excluding hydrogens is 352 g/mol. The number of carbonyl (C=O) groups is 2. The van der Waals surface area contributed by atoms with Crippen LogP contribution in [0.15, 0.2) is 24.2 Å². The van der Waals surface area contributed by atoms with Gasteiger partial charge in [-0.05, 0) is 42.2 Å². The number of allylic oxidation sites excluding steroid dienone is 2. The van der Waals surface area contributed by atoms with Gasteiger partial charge in [-0.3, -0.25) is 9.59 Å². The molecule has 0 spiro atoms. The summed E-state index contributed by atoms with van der Waals surface area (Å²) in [5, 5.41) is 0. The highest BCUT2D eigenvalue weighted by Crippen LogP contribution is 2.22. The summed E-state index contributed by atoms with van der Waals surface area (Å²) < 4.78 is 9.79. The van der Waals surface area contributed by atoms with Crippen LogP contribution in [0.4, 0.5) is 0 Å². The molecular formula is C24H42O4. The van der Waals surface area contributed by atoms with Gasteiger partial charge in [0.25, 0.3) is 0 Å². The first-order valence-corrected chi connectivity index (χ1v) is 10.9. The smallest absolute Gasteiger partial charge is 0.307 e. The van der Waals surface area contributed by atoms with E-state index in [1.165, 1.54) is 64.9 Å². The Morgan fingerprint density at radius 2 is 1.25 bits per heavy atom. The van der Waals surface area contributed by atoms with E-state index in [-0.39, 0.29) is 11.9 Å². The van der Waals surface area contributed by atoms with E-state index in [4.69, 9.17) is 9.47 Å². The quantitative estimate of drug-likeness (QED) is 0.171. The molecule has 0 aliphatic carbocycles. The lowest BCUT2D eigenvalue weighted by Gasteiger charge is -2.15. The number of hydrogen-bond acceptors (Lipinski definition) is 4. The zero-order valence-electron chi connectivity index (χ0n) is 19.0. The third kappa shape index (κ3) is 17.8. The molecule has 0 heterocycles. The van der Waals surface area contributed by atoms with Gasteiger partial charge in [-0.15, -0.1) is 0 Å². The van der Waals surface area contributed by atoms with Crippen molar-refractivity contribution in [2.75, 3.05) is 0 Å². The summed E-state index contributed by atoms with van der Waals surface area (Å²) in [7, 11) is 0. The van der Waals surface area contributed by atoms with Gasteiger partial charge in [0.2, 0.25) is 0 Å². The van der Waals surface area contributed by atoms with Gasteiger partial charge in [0, 0.05) is 13.8 Å². The molecule has 162 valence electrons. The van der Waals surface area contributed by atoms with E-state index >= 15 is 0 Å². The topological polar surface area (TPSA) is 52.6 Å². The monoisotopic (exact) mass is 394 g/mol. The zero-order valence-corrected chi connectivity index (χ0v) is 19.0. The molecule has 0 bridgehead atoms. The molecule has 0 fully saturated rings. The minimum atomic E-state index is -0.366. The van der Waals surface area contributed by atoms with Crippen LogP contribution < -0.4 is 0 Å².